The van der Waals surface area contributed by atoms with Crippen molar-refractivity contribution in [3.63, 3.8) is 0 Å². The highest BCUT2D eigenvalue weighted by atomic mass is 16.5. The third-order valence-corrected chi connectivity index (χ3v) is 2.34. The zero-order chi connectivity index (χ0) is 10.1. The largest absolute Gasteiger partial charge is 0.477 e. The molecule has 1 aliphatic rings. The number of carboxylic acid groups (broad SMARTS) is 1. The first-order valence-corrected chi connectivity index (χ1v) is 4.42. The van der Waals surface area contributed by atoms with E-state index in [0.717, 1.165) is 19.4 Å². The Kier molecular flexibility index (Phi) is 2.12. The molecule has 76 valence electrons. The first kappa shape index (κ1) is 9.01. The topological polar surface area (TPSA) is 101 Å². The van der Waals surface area contributed by atoms with Gasteiger partial charge in [0.25, 0.3) is 0 Å². The predicted octanol–water partition coefficient (Wildman–Crippen LogP) is 0.379. The van der Waals surface area contributed by atoms with E-state index in [9.17, 15) is 4.79 Å². The van der Waals surface area contributed by atoms with Gasteiger partial charge in [-0.15, -0.1) is 0 Å². The maximum absolute atomic E-state index is 10.9. The number of carbonyl (C=O) groups is 1. The fourth-order valence-electron chi connectivity index (χ4n) is 1.68. The minimum atomic E-state index is -1.09. The van der Waals surface area contributed by atoms with Crippen LogP contribution in [0.2, 0.25) is 0 Å². The molecule has 0 aliphatic carbocycles. The maximum Gasteiger partial charge on any atom is 0.343 e. The van der Waals surface area contributed by atoms with E-state index in [-0.39, 0.29) is 17.4 Å². The van der Waals surface area contributed by atoms with Gasteiger partial charge in [-0.1, -0.05) is 5.16 Å². The molecule has 4 N–H and O–H groups in total. The van der Waals surface area contributed by atoms with Gasteiger partial charge in [0.15, 0.2) is 11.6 Å². The van der Waals surface area contributed by atoms with Crippen LogP contribution in [0.4, 0.5) is 5.82 Å². The van der Waals surface area contributed by atoms with Gasteiger partial charge in [0.1, 0.15) is 5.56 Å². The van der Waals surface area contributed by atoms with Crippen LogP contribution in [0.1, 0.15) is 35.0 Å². The van der Waals surface area contributed by atoms with E-state index in [2.05, 4.69) is 10.5 Å². The second-order valence-corrected chi connectivity index (χ2v) is 3.26. The van der Waals surface area contributed by atoms with E-state index >= 15 is 0 Å². The Balaban J connectivity index is 2.37. The van der Waals surface area contributed by atoms with Crippen molar-refractivity contribution in [2.45, 2.75) is 18.9 Å². The number of hydrogen-bond donors (Lipinski definition) is 3. The number of aromatic nitrogens is 1. The number of rotatable bonds is 2. The molecule has 0 bridgehead atoms. The highest BCUT2D eigenvalue weighted by Gasteiger charge is 2.29. The summed E-state index contributed by atoms with van der Waals surface area (Å²) in [6, 6.07) is -0.0640. The standard InChI is InChI=1S/C8H11N3O3/c9-7-5(8(12)13)6(14-11-7)4-2-1-3-10-4/h4,10H,1-3H2,(H2,9,11)(H,12,13). The summed E-state index contributed by atoms with van der Waals surface area (Å²) in [6.45, 7) is 0.865. The van der Waals surface area contributed by atoms with E-state index in [1.165, 1.54) is 0 Å². The molecule has 0 radical (unpaired) electrons. The Morgan fingerprint density at radius 3 is 3.07 bits per heavy atom. The molecule has 1 aromatic rings. The quantitative estimate of drug-likeness (QED) is 0.633. The molecule has 2 heterocycles. The average molecular weight is 197 g/mol. The summed E-state index contributed by atoms with van der Waals surface area (Å²) in [4.78, 5) is 10.9. The van der Waals surface area contributed by atoms with E-state index in [1.807, 2.05) is 0 Å². The van der Waals surface area contributed by atoms with Crippen LogP contribution in [0.15, 0.2) is 4.52 Å². The molecule has 6 nitrogen and oxygen atoms in total. The Morgan fingerprint density at radius 2 is 2.50 bits per heavy atom. The maximum atomic E-state index is 10.9. The molecular weight excluding hydrogens is 186 g/mol. The number of nitrogen functional groups attached to an aromatic ring is 1. The number of nitrogens with two attached hydrogens (primary N) is 1. The normalized spacial score (nSPS) is 21.3. The summed E-state index contributed by atoms with van der Waals surface area (Å²) in [7, 11) is 0. The number of carboxylic acids is 1. The smallest absolute Gasteiger partial charge is 0.343 e. The molecule has 0 aromatic carbocycles. The van der Waals surface area contributed by atoms with Crippen molar-refractivity contribution in [2.24, 2.45) is 0 Å². The van der Waals surface area contributed by atoms with Crippen molar-refractivity contribution >= 4 is 11.8 Å². The molecule has 2 rings (SSSR count). The second kappa shape index (κ2) is 3.30. The van der Waals surface area contributed by atoms with E-state index in [4.69, 9.17) is 15.4 Å². The highest BCUT2D eigenvalue weighted by Crippen LogP contribution is 2.28. The van der Waals surface area contributed by atoms with Gasteiger partial charge in [-0.2, -0.15) is 0 Å². The molecule has 1 fully saturated rings. The molecule has 0 amide bonds. The molecule has 1 aliphatic heterocycles. The molecule has 6 heteroatoms. The van der Waals surface area contributed by atoms with Crippen molar-refractivity contribution < 1.29 is 14.4 Å². The third kappa shape index (κ3) is 1.33. The predicted molar refractivity (Wildman–Crippen MR) is 47.9 cm³/mol. The number of aromatic carboxylic acids is 1. The number of nitrogens with one attached hydrogen (secondary N) is 1. The van der Waals surface area contributed by atoms with Crippen LogP contribution in [0.25, 0.3) is 0 Å². The van der Waals surface area contributed by atoms with Gasteiger partial charge in [0, 0.05) is 0 Å². The Morgan fingerprint density at radius 1 is 1.71 bits per heavy atom. The molecule has 14 heavy (non-hydrogen) atoms. The van der Waals surface area contributed by atoms with Gasteiger partial charge >= 0.3 is 5.97 Å². The summed E-state index contributed by atoms with van der Waals surface area (Å²) in [6.07, 6.45) is 1.86. The van der Waals surface area contributed by atoms with Gasteiger partial charge in [0.05, 0.1) is 6.04 Å². The van der Waals surface area contributed by atoms with Gasteiger partial charge < -0.3 is 20.7 Å². The van der Waals surface area contributed by atoms with E-state index in [0.29, 0.717) is 5.76 Å². The molecule has 0 saturated carbocycles. The van der Waals surface area contributed by atoms with Crippen molar-refractivity contribution in [3.8, 4) is 0 Å². The minimum Gasteiger partial charge on any atom is -0.477 e. The summed E-state index contributed by atoms with van der Waals surface area (Å²) >= 11 is 0. The lowest BCUT2D eigenvalue weighted by Gasteiger charge is -2.05. The lowest BCUT2D eigenvalue weighted by molar-refractivity contribution is 0.0694. The highest BCUT2D eigenvalue weighted by molar-refractivity contribution is 5.93. The van der Waals surface area contributed by atoms with Crippen molar-refractivity contribution in [1.82, 2.24) is 10.5 Å². The SMILES string of the molecule is Nc1noc(C2CCCN2)c1C(=O)O. The van der Waals surface area contributed by atoms with Crippen molar-refractivity contribution in [1.29, 1.82) is 0 Å². The molecule has 1 saturated heterocycles. The van der Waals surface area contributed by atoms with E-state index < -0.39 is 5.97 Å². The number of anilines is 1. The van der Waals surface area contributed by atoms with Crippen LogP contribution >= 0.6 is 0 Å². The summed E-state index contributed by atoms with van der Waals surface area (Å²) in [5.41, 5.74) is 5.39. The van der Waals surface area contributed by atoms with Crippen molar-refractivity contribution in [3.05, 3.63) is 11.3 Å². The number of hydrogen-bond acceptors (Lipinski definition) is 5. The van der Waals surface area contributed by atoms with Gasteiger partial charge in [-0.25, -0.2) is 4.79 Å². The van der Waals surface area contributed by atoms with Crippen LogP contribution in [-0.4, -0.2) is 22.8 Å². The van der Waals surface area contributed by atoms with Crippen molar-refractivity contribution in [2.75, 3.05) is 12.3 Å². The molecular formula is C8H11N3O3. The molecule has 0 spiro atoms. The molecule has 1 atom stereocenters. The lowest BCUT2D eigenvalue weighted by Crippen LogP contribution is -2.15. The lowest BCUT2D eigenvalue weighted by atomic mass is 10.1. The minimum absolute atomic E-state index is 0.00981. The van der Waals surface area contributed by atoms with Crippen LogP contribution in [0.3, 0.4) is 0 Å². The fraction of sp³-hybridized carbons (Fsp3) is 0.500. The zero-order valence-electron chi connectivity index (χ0n) is 7.49. The molecule has 1 aromatic heterocycles. The van der Waals surface area contributed by atoms with Crippen LogP contribution < -0.4 is 11.1 Å². The van der Waals surface area contributed by atoms with Gasteiger partial charge in [-0.05, 0) is 19.4 Å². The molecule has 1 unspecified atom stereocenters. The Hall–Kier alpha value is -1.56. The zero-order valence-corrected chi connectivity index (χ0v) is 7.49. The number of nitrogens with zero attached hydrogens (tertiary/aromatic N) is 1. The third-order valence-electron chi connectivity index (χ3n) is 2.34. The monoisotopic (exact) mass is 197 g/mol. The Bertz CT molecular complexity index is 355. The first-order valence-electron chi connectivity index (χ1n) is 4.42. The van der Waals surface area contributed by atoms with Crippen LogP contribution in [0, 0.1) is 0 Å². The van der Waals surface area contributed by atoms with Crippen LogP contribution in [0.5, 0.6) is 0 Å². The second-order valence-electron chi connectivity index (χ2n) is 3.26. The Labute approximate surface area is 80.1 Å². The van der Waals surface area contributed by atoms with Gasteiger partial charge in [-0.3, -0.25) is 0 Å². The summed E-state index contributed by atoms with van der Waals surface area (Å²) in [5.74, 6) is -0.804. The van der Waals surface area contributed by atoms with Gasteiger partial charge in [0.2, 0.25) is 0 Å². The summed E-state index contributed by atoms with van der Waals surface area (Å²) < 4.78 is 4.92. The van der Waals surface area contributed by atoms with Crippen LogP contribution in [-0.2, 0) is 0 Å². The van der Waals surface area contributed by atoms with E-state index in [1.54, 1.807) is 0 Å². The average Bonchev–Trinajstić information content (AvgIpc) is 2.70. The summed E-state index contributed by atoms with van der Waals surface area (Å²) in [5, 5.41) is 15.5. The fourth-order valence-corrected chi connectivity index (χ4v) is 1.68. The first-order chi connectivity index (χ1) is 6.70.